The van der Waals surface area contributed by atoms with Crippen LogP contribution in [0.1, 0.15) is 0 Å². The number of rotatable bonds is 1. The third-order valence-electron chi connectivity index (χ3n) is 1.12. The molecule has 0 radical (unpaired) electrons. The summed E-state index contributed by atoms with van der Waals surface area (Å²) in [7, 11) is 0. The summed E-state index contributed by atoms with van der Waals surface area (Å²) in [6.07, 6.45) is 0. The van der Waals surface area contributed by atoms with Crippen LogP contribution in [0.5, 0.6) is 5.75 Å². The first-order valence-corrected chi connectivity index (χ1v) is 5.02. The predicted octanol–water partition coefficient (Wildman–Crippen LogP) is 4.29. The molecule has 0 heterocycles. The number of benzene rings is 1. The van der Waals surface area contributed by atoms with E-state index in [1.165, 1.54) is 18.2 Å². The Morgan fingerprint density at radius 2 is 1.92 bits per heavy atom. The molecule has 0 saturated carbocycles. The van der Waals surface area contributed by atoms with Crippen LogP contribution in [0.25, 0.3) is 0 Å². The number of hydrogen-bond acceptors (Lipinski definition) is 1. The van der Waals surface area contributed by atoms with Gasteiger partial charge in [0.15, 0.2) is 0 Å². The summed E-state index contributed by atoms with van der Waals surface area (Å²) in [6, 6.07) is 3.94. The standard InChI is InChI=1S/C7H3BrCl3FO/c8-5-3-4(1-2-6(5)12)13-7(9,10)11/h1-3H. The maximum absolute atomic E-state index is 12.7. The van der Waals surface area contributed by atoms with Gasteiger partial charge in [-0.25, -0.2) is 4.39 Å². The highest BCUT2D eigenvalue weighted by Gasteiger charge is 2.21. The monoisotopic (exact) mass is 306 g/mol. The van der Waals surface area contributed by atoms with Crippen LogP contribution in [0.15, 0.2) is 22.7 Å². The molecule has 1 aromatic rings. The first-order chi connectivity index (χ1) is 5.88. The summed E-state index contributed by atoms with van der Waals surface area (Å²) >= 11 is 19.0. The summed E-state index contributed by atoms with van der Waals surface area (Å²) in [6.45, 7) is 0. The van der Waals surface area contributed by atoms with E-state index in [9.17, 15) is 4.39 Å². The maximum Gasteiger partial charge on any atom is 0.338 e. The van der Waals surface area contributed by atoms with E-state index in [-0.39, 0.29) is 10.2 Å². The number of alkyl halides is 3. The predicted molar refractivity (Wildman–Crippen MR) is 55.0 cm³/mol. The van der Waals surface area contributed by atoms with Gasteiger partial charge < -0.3 is 4.74 Å². The Hall–Kier alpha value is 0.300. The van der Waals surface area contributed by atoms with E-state index < -0.39 is 9.80 Å². The van der Waals surface area contributed by atoms with E-state index in [2.05, 4.69) is 15.9 Å². The lowest BCUT2D eigenvalue weighted by molar-refractivity contribution is 0.319. The smallest absolute Gasteiger partial charge is 0.338 e. The van der Waals surface area contributed by atoms with Gasteiger partial charge >= 0.3 is 3.98 Å². The topological polar surface area (TPSA) is 9.23 Å². The van der Waals surface area contributed by atoms with Crippen molar-refractivity contribution in [3.8, 4) is 5.75 Å². The Kier molecular flexibility index (Phi) is 3.69. The van der Waals surface area contributed by atoms with Crippen LogP contribution in [0.3, 0.4) is 0 Å². The molecular formula is C7H3BrCl3FO. The quantitative estimate of drug-likeness (QED) is 0.703. The molecule has 0 amide bonds. The highest BCUT2D eigenvalue weighted by molar-refractivity contribution is 9.10. The molecule has 6 heteroatoms. The highest BCUT2D eigenvalue weighted by Crippen LogP contribution is 2.31. The van der Waals surface area contributed by atoms with E-state index in [1.54, 1.807) is 0 Å². The second kappa shape index (κ2) is 4.22. The Labute approximate surface area is 97.9 Å². The summed E-state index contributed by atoms with van der Waals surface area (Å²) in [5, 5.41) is 0. The van der Waals surface area contributed by atoms with Crippen LogP contribution < -0.4 is 4.74 Å². The number of hydrogen-bond donors (Lipinski definition) is 0. The lowest BCUT2D eigenvalue weighted by Crippen LogP contribution is -2.12. The Morgan fingerprint density at radius 3 is 2.38 bits per heavy atom. The second-order valence-electron chi connectivity index (χ2n) is 2.12. The van der Waals surface area contributed by atoms with Crippen molar-refractivity contribution in [3.05, 3.63) is 28.5 Å². The Bertz CT molecular complexity index is 313. The van der Waals surface area contributed by atoms with E-state index in [1.807, 2.05) is 0 Å². The van der Waals surface area contributed by atoms with Crippen molar-refractivity contribution in [1.82, 2.24) is 0 Å². The van der Waals surface area contributed by atoms with Crippen molar-refractivity contribution in [2.75, 3.05) is 0 Å². The molecule has 0 aliphatic heterocycles. The summed E-state index contributed by atoms with van der Waals surface area (Å²) in [4.78, 5) is 0. The maximum atomic E-state index is 12.7. The van der Waals surface area contributed by atoms with Crippen LogP contribution in [0, 0.1) is 5.82 Å². The molecule has 0 spiro atoms. The van der Waals surface area contributed by atoms with Crippen LogP contribution in [0.2, 0.25) is 0 Å². The molecule has 0 aliphatic rings. The fraction of sp³-hybridized carbons (Fsp3) is 0.143. The van der Waals surface area contributed by atoms with E-state index >= 15 is 0 Å². The Balaban J connectivity index is 2.86. The molecule has 1 rings (SSSR count). The molecule has 1 nitrogen and oxygen atoms in total. The van der Waals surface area contributed by atoms with Crippen LogP contribution >= 0.6 is 50.7 Å². The largest absolute Gasteiger partial charge is 0.446 e. The van der Waals surface area contributed by atoms with Gasteiger partial charge in [0.05, 0.1) is 4.47 Å². The van der Waals surface area contributed by atoms with Gasteiger partial charge in [-0.05, 0) is 68.9 Å². The molecule has 0 aromatic heterocycles. The summed E-state index contributed by atoms with van der Waals surface area (Å²) in [5.74, 6) is -0.134. The van der Waals surface area contributed by atoms with Gasteiger partial charge in [0, 0.05) is 0 Å². The fourth-order valence-corrected chi connectivity index (χ4v) is 1.30. The van der Waals surface area contributed by atoms with Gasteiger partial charge in [-0.3, -0.25) is 0 Å². The lowest BCUT2D eigenvalue weighted by Gasteiger charge is -2.13. The Morgan fingerprint density at radius 1 is 1.31 bits per heavy atom. The average Bonchev–Trinajstić information content (AvgIpc) is 1.94. The summed E-state index contributed by atoms with van der Waals surface area (Å²) < 4.78 is 16.0. The normalized spacial score (nSPS) is 11.5. The van der Waals surface area contributed by atoms with Crippen molar-refractivity contribution in [2.45, 2.75) is 3.98 Å². The molecule has 13 heavy (non-hydrogen) atoms. The lowest BCUT2D eigenvalue weighted by atomic mass is 10.3. The SMILES string of the molecule is Fc1ccc(OC(Cl)(Cl)Cl)cc1Br. The molecule has 0 fully saturated rings. The molecule has 0 bridgehead atoms. The highest BCUT2D eigenvalue weighted by atomic mass is 79.9. The molecule has 1 aromatic carbocycles. The molecule has 0 atom stereocenters. The molecule has 0 aliphatic carbocycles. The average molecular weight is 308 g/mol. The van der Waals surface area contributed by atoms with Crippen molar-refractivity contribution in [1.29, 1.82) is 0 Å². The first-order valence-electron chi connectivity index (χ1n) is 3.09. The van der Waals surface area contributed by atoms with Gasteiger partial charge in [-0.2, -0.15) is 0 Å². The van der Waals surface area contributed by atoms with Crippen LogP contribution in [0.4, 0.5) is 4.39 Å². The van der Waals surface area contributed by atoms with Crippen LogP contribution in [-0.2, 0) is 0 Å². The van der Waals surface area contributed by atoms with Gasteiger partial charge in [0.2, 0.25) is 0 Å². The molecule has 0 N–H and O–H groups in total. The van der Waals surface area contributed by atoms with Gasteiger partial charge in [0.1, 0.15) is 11.6 Å². The van der Waals surface area contributed by atoms with E-state index in [4.69, 9.17) is 39.5 Å². The van der Waals surface area contributed by atoms with Crippen molar-refractivity contribution < 1.29 is 9.13 Å². The second-order valence-corrected chi connectivity index (χ2v) is 5.16. The van der Waals surface area contributed by atoms with E-state index in [0.29, 0.717) is 0 Å². The van der Waals surface area contributed by atoms with Crippen molar-refractivity contribution >= 4 is 50.7 Å². The zero-order valence-corrected chi connectivity index (χ0v) is 9.88. The third kappa shape index (κ3) is 3.90. The number of ether oxygens (including phenoxy) is 1. The van der Waals surface area contributed by atoms with Crippen LogP contribution in [-0.4, -0.2) is 3.98 Å². The van der Waals surface area contributed by atoms with Gasteiger partial charge in [0.25, 0.3) is 0 Å². The van der Waals surface area contributed by atoms with E-state index in [0.717, 1.165) is 0 Å². The third-order valence-corrected chi connectivity index (χ3v) is 1.96. The molecule has 0 saturated heterocycles. The zero-order valence-electron chi connectivity index (χ0n) is 6.03. The number of halogens is 5. The minimum atomic E-state index is -1.84. The summed E-state index contributed by atoms with van der Waals surface area (Å²) in [5.41, 5.74) is 0. The molecule has 0 unspecified atom stereocenters. The van der Waals surface area contributed by atoms with Crippen molar-refractivity contribution in [3.63, 3.8) is 0 Å². The first kappa shape index (κ1) is 11.4. The van der Waals surface area contributed by atoms with Gasteiger partial charge in [-0.15, -0.1) is 0 Å². The molecule has 72 valence electrons. The minimum absolute atomic E-state index is 0.249. The molecular weight excluding hydrogens is 305 g/mol. The van der Waals surface area contributed by atoms with Crippen molar-refractivity contribution in [2.24, 2.45) is 0 Å². The zero-order chi connectivity index (χ0) is 10.1. The minimum Gasteiger partial charge on any atom is -0.446 e. The fourth-order valence-electron chi connectivity index (χ4n) is 0.674. The van der Waals surface area contributed by atoms with Gasteiger partial charge in [-0.1, -0.05) is 0 Å².